The van der Waals surface area contributed by atoms with E-state index < -0.39 is 14.6 Å². The molecular weight excluding hydrogens is 272 g/mol. The number of nitrogen functional groups attached to an aromatic ring is 2. The summed E-state index contributed by atoms with van der Waals surface area (Å²) in [4.78, 5) is 0. The van der Waals surface area contributed by atoms with Gasteiger partial charge in [-0.15, -0.1) is 0 Å². The zero-order chi connectivity index (χ0) is 14.0. The Balaban J connectivity index is 0.000000180. The number of sulfone groups is 1. The lowest BCUT2D eigenvalue weighted by Gasteiger charge is -2.14. The van der Waals surface area contributed by atoms with Gasteiger partial charge in [-0.05, 0) is 44.9 Å². The van der Waals surface area contributed by atoms with Crippen molar-refractivity contribution in [3.8, 4) is 0 Å². The van der Waals surface area contributed by atoms with Crippen molar-refractivity contribution in [2.24, 2.45) is 0 Å². The highest BCUT2D eigenvalue weighted by molar-refractivity contribution is 7.93. The predicted octanol–water partition coefficient (Wildman–Crippen LogP) is 2.48. The molecular formula is C12H19ClN2O2S. The average molecular weight is 291 g/mol. The molecule has 1 aliphatic rings. The van der Waals surface area contributed by atoms with Crippen LogP contribution in [-0.4, -0.2) is 18.9 Å². The molecule has 0 spiro atoms. The van der Waals surface area contributed by atoms with Crippen LogP contribution in [0.1, 0.15) is 26.7 Å². The van der Waals surface area contributed by atoms with Crippen molar-refractivity contribution in [2.45, 2.75) is 31.4 Å². The first-order chi connectivity index (χ1) is 8.16. The van der Waals surface area contributed by atoms with E-state index in [1.54, 1.807) is 32.0 Å². The predicted molar refractivity (Wildman–Crippen MR) is 77.4 cm³/mol. The van der Waals surface area contributed by atoms with Gasteiger partial charge in [0, 0.05) is 5.02 Å². The summed E-state index contributed by atoms with van der Waals surface area (Å²) < 4.78 is 21.7. The molecule has 4 N–H and O–H groups in total. The second-order valence-corrected chi connectivity index (χ2v) is 8.13. The van der Waals surface area contributed by atoms with E-state index in [0.717, 1.165) is 12.8 Å². The van der Waals surface area contributed by atoms with Crippen molar-refractivity contribution in [3.05, 3.63) is 23.2 Å². The maximum Gasteiger partial charge on any atom is 0.155 e. The van der Waals surface area contributed by atoms with Crippen LogP contribution in [0.15, 0.2) is 18.2 Å². The van der Waals surface area contributed by atoms with Crippen molar-refractivity contribution in [3.63, 3.8) is 0 Å². The Hall–Kier alpha value is -0.940. The summed E-state index contributed by atoms with van der Waals surface area (Å²) in [5.41, 5.74) is 11.9. The van der Waals surface area contributed by atoms with Gasteiger partial charge in [0.25, 0.3) is 0 Å². The van der Waals surface area contributed by atoms with E-state index in [2.05, 4.69) is 0 Å². The van der Waals surface area contributed by atoms with Crippen LogP contribution < -0.4 is 11.5 Å². The van der Waals surface area contributed by atoms with E-state index in [0.29, 0.717) is 22.2 Å². The summed E-state index contributed by atoms with van der Waals surface area (Å²) in [6.07, 6.45) is 1.67. The normalized spacial score (nSPS) is 19.9. The summed E-state index contributed by atoms with van der Waals surface area (Å²) in [6, 6.07) is 5.00. The lowest BCUT2D eigenvalue weighted by molar-refractivity contribution is 0.558. The van der Waals surface area contributed by atoms with Crippen LogP contribution in [0, 0.1) is 0 Å². The number of benzene rings is 1. The van der Waals surface area contributed by atoms with Gasteiger partial charge in [0.05, 0.1) is 21.9 Å². The van der Waals surface area contributed by atoms with Crippen LogP contribution in [-0.2, 0) is 9.84 Å². The number of halogens is 1. The van der Waals surface area contributed by atoms with Gasteiger partial charge in [-0.3, -0.25) is 0 Å². The molecule has 1 fully saturated rings. The average Bonchev–Trinajstić information content (AvgIpc) is 2.47. The topological polar surface area (TPSA) is 86.2 Å². The van der Waals surface area contributed by atoms with Crippen LogP contribution in [0.3, 0.4) is 0 Å². The Kier molecular flexibility index (Phi) is 4.50. The molecule has 2 rings (SSSR count). The summed E-state index contributed by atoms with van der Waals surface area (Å²) in [7, 11) is -2.72. The fraction of sp³-hybridized carbons (Fsp3) is 0.500. The number of hydrogen-bond acceptors (Lipinski definition) is 4. The Labute approximate surface area is 113 Å². The number of rotatable bonds is 0. The smallest absolute Gasteiger partial charge is 0.155 e. The highest BCUT2D eigenvalue weighted by atomic mass is 35.5. The van der Waals surface area contributed by atoms with Crippen LogP contribution in [0.2, 0.25) is 5.02 Å². The first-order valence-corrected chi connectivity index (χ1v) is 7.71. The molecule has 0 saturated carbocycles. The zero-order valence-electron chi connectivity index (χ0n) is 10.6. The van der Waals surface area contributed by atoms with Gasteiger partial charge >= 0.3 is 0 Å². The lowest BCUT2D eigenvalue weighted by atomic mass is 10.1. The molecule has 4 nitrogen and oxygen atoms in total. The highest BCUT2D eigenvalue weighted by Gasteiger charge is 2.38. The van der Waals surface area contributed by atoms with Crippen LogP contribution in [0.25, 0.3) is 0 Å². The fourth-order valence-electron chi connectivity index (χ4n) is 1.67. The number of hydrogen-bond donors (Lipinski definition) is 2. The van der Waals surface area contributed by atoms with Crippen molar-refractivity contribution in [1.29, 1.82) is 0 Å². The molecule has 1 saturated heterocycles. The second kappa shape index (κ2) is 5.36. The molecule has 6 heteroatoms. The van der Waals surface area contributed by atoms with Crippen LogP contribution >= 0.6 is 11.6 Å². The summed E-state index contributed by atoms with van der Waals surface area (Å²) >= 11 is 5.58. The third-order valence-corrected chi connectivity index (χ3v) is 6.03. The standard InChI is InChI=1S/C6H7ClN2.C6H12O2S/c7-4-1-2-5(8)6(9)3-4;1-6(2)4-3-5-9(6,7)8/h1-3H,8-9H2;3-5H2,1-2H3. The van der Waals surface area contributed by atoms with E-state index in [1.165, 1.54) is 0 Å². The second-order valence-electron chi connectivity index (χ2n) is 4.96. The third kappa shape index (κ3) is 3.53. The largest absolute Gasteiger partial charge is 0.397 e. The molecule has 0 amide bonds. The van der Waals surface area contributed by atoms with E-state index in [1.807, 2.05) is 0 Å². The number of anilines is 2. The Morgan fingerprint density at radius 1 is 1.22 bits per heavy atom. The van der Waals surface area contributed by atoms with E-state index >= 15 is 0 Å². The highest BCUT2D eigenvalue weighted by Crippen LogP contribution is 2.30. The van der Waals surface area contributed by atoms with Crippen molar-refractivity contribution < 1.29 is 8.42 Å². The van der Waals surface area contributed by atoms with Crippen molar-refractivity contribution in [1.82, 2.24) is 0 Å². The van der Waals surface area contributed by atoms with E-state index in [-0.39, 0.29) is 0 Å². The first-order valence-electron chi connectivity index (χ1n) is 5.68. The molecule has 0 aromatic heterocycles. The molecule has 1 heterocycles. The Morgan fingerprint density at radius 2 is 1.83 bits per heavy atom. The van der Waals surface area contributed by atoms with Gasteiger partial charge < -0.3 is 11.5 Å². The summed E-state index contributed by atoms with van der Waals surface area (Å²) in [6.45, 7) is 3.60. The first kappa shape index (κ1) is 15.1. The summed E-state index contributed by atoms with van der Waals surface area (Å²) in [5.74, 6) is 0.389. The van der Waals surface area contributed by atoms with Gasteiger partial charge in [-0.2, -0.15) is 0 Å². The minimum Gasteiger partial charge on any atom is -0.397 e. The van der Waals surface area contributed by atoms with Gasteiger partial charge in [0.1, 0.15) is 0 Å². The van der Waals surface area contributed by atoms with Gasteiger partial charge in [0.15, 0.2) is 9.84 Å². The molecule has 0 unspecified atom stereocenters. The van der Waals surface area contributed by atoms with Gasteiger partial charge in [-0.1, -0.05) is 11.6 Å². The minimum absolute atomic E-state index is 0.389. The molecule has 0 bridgehead atoms. The molecule has 18 heavy (non-hydrogen) atoms. The molecule has 1 aromatic carbocycles. The Morgan fingerprint density at radius 3 is 2.11 bits per heavy atom. The SMILES string of the molecule is CC1(C)CCCS1(=O)=O.Nc1ccc(Cl)cc1N. The maximum absolute atomic E-state index is 11.1. The van der Waals surface area contributed by atoms with E-state index in [9.17, 15) is 8.42 Å². The molecule has 102 valence electrons. The van der Waals surface area contributed by atoms with Crippen molar-refractivity contribution >= 4 is 32.8 Å². The molecule has 1 aromatic rings. The molecule has 0 radical (unpaired) electrons. The quantitative estimate of drug-likeness (QED) is 0.719. The van der Waals surface area contributed by atoms with Gasteiger partial charge in [0.2, 0.25) is 0 Å². The minimum atomic E-state index is -2.72. The van der Waals surface area contributed by atoms with Crippen LogP contribution in [0.5, 0.6) is 0 Å². The maximum atomic E-state index is 11.1. The molecule has 0 atom stereocenters. The number of nitrogens with two attached hydrogens (primary N) is 2. The Bertz CT molecular complexity index is 527. The lowest BCUT2D eigenvalue weighted by Crippen LogP contribution is -2.26. The zero-order valence-corrected chi connectivity index (χ0v) is 12.2. The molecule has 0 aliphatic carbocycles. The van der Waals surface area contributed by atoms with E-state index in [4.69, 9.17) is 23.1 Å². The fourth-order valence-corrected chi connectivity index (χ4v) is 3.38. The third-order valence-electron chi connectivity index (χ3n) is 3.08. The molecule has 1 aliphatic heterocycles. The summed E-state index contributed by atoms with van der Waals surface area (Å²) in [5, 5.41) is 0.613. The van der Waals surface area contributed by atoms with Crippen molar-refractivity contribution in [2.75, 3.05) is 17.2 Å². The van der Waals surface area contributed by atoms with Gasteiger partial charge in [-0.25, -0.2) is 8.42 Å². The van der Waals surface area contributed by atoms with Crippen LogP contribution in [0.4, 0.5) is 11.4 Å². The monoisotopic (exact) mass is 290 g/mol.